The van der Waals surface area contributed by atoms with Gasteiger partial charge in [-0.1, -0.05) is 12.1 Å². The Morgan fingerprint density at radius 1 is 1.32 bits per heavy atom. The topological polar surface area (TPSA) is 91.0 Å². The molecule has 1 fully saturated rings. The van der Waals surface area contributed by atoms with Crippen LogP contribution in [0, 0.1) is 0 Å². The van der Waals surface area contributed by atoms with Gasteiger partial charge in [0.05, 0.1) is 35.9 Å². The molecule has 146 valence electrons. The summed E-state index contributed by atoms with van der Waals surface area (Å²) in [6.07, 6.45) is 3.71. The van der Waals surface area contributed by atoms with Gasteiger partial charge in [-0.15, -0.1) is 0 Å². The van der Waals surface area contributed by atoms with Crippen LogP contribution in [0.3, 0.4) is 0 Å². The highest BCUT2D eigenvalue weighted by Crippen LogP contribution is 2.41. The third-order valence-electron chi connectivity index (χ3n) is 5.14. The zero-order valence-electron chi connectivity index (χ0n) is 16.2. The van der Waals surface area contributed by atoms with Gasteiger partial charge in [0.2, 0.25) is 5.91 Å². The summed E-state index contributed by atoms with van der Waals surface area (Å²) < 4.78 is 8.05. The molecule has 0 bridgehead atoms. The molecule has 8 heteroatoms. The van der Waals surface area contributed by atoms with Crippen LogP contribution < -0.4 is 15.6 Å². The number of amides is 1. The number of carbonyl (C=O) groups is 1. The lowest BCUT2D eigenvalue weighted by Gasteiger charge is -2.15. The van der Waals surface area contributed by atoms with Crippen LogP contribution >= 0.6 is 0 Å². The Balaban J connectivity index is 1.52. The summed E-state index contributed by atoms with van der Waals surface area (Å²) >= 11 is 0. The number of aromatic nitrogens is 4. The fourth-order valence-electron chi connectivity index (χ4n) is 3.39. The number of hydrogen-bond donors (Lipinski definition) is 1. The molecule has 8 nitrogen and oxygen atoms in total. The van der Waals surface area contributed by atoms with Crippen molar-refractivity contribution in [3.05, 3.63) is 52.1 Å². The summed E-state index contributed by atoms with van der Waals surface area (Å²) in [7, 11) is 3.42. The molecule has 28 heavy (non-hydrogen) atoms. The van der Waals surface area contributed by atoms with Gasteiger partial charge in [-0.25, -0.2) is 4.68 Å². The van der Waals surface area contributed by atoms with Crippen LogP contribution in [-0.2, 0) is 18.4 Å². The Bertz CT molecular complexity index is 1080. The summed E-state index contributed by atoms with van der Waals surface area (Å²) in [5, 5.41) is 12.1. The van der Waals surface area contributed by atoms with E-state index in [1.54, 1.807) is 18.0 Å². The molecule has 1 atom stereocenters. The zero-order chi connectivity index (χ0) is 19.8. The van der Waals surface area contributed by atoms with Crippen LogP contribution in [0.2, 0.25) is 0 Å². The summed E-state index contributed by atoms with van der Waals surface area (Å²) in [4.78, 5) is 25.4. The summed E-state index contributed by atoms with van der Waals surface area (Å²) in [6.45, 7) is 1.76. The Kier molecular flexibility index (Phi) is 4.62. The van der Waals surface area contributed by atoms with E-state index in [0.717, 1.165) is 29.8 Å². The number of rotatable bonds is 6. The summed E-state index contributed by atoms with van der Waals surface area (Å²) in [5.74, 6) is 0.833. The molecule has 1 aromatic carbocycles. The van der Waals surface area contributed by atoms with Crippen LogP contribution in [0.1, 0.15) is 43.0 Å². The molecule has 0 radical (unpaired) electrons. The average molecular weight is 381 g/mol. The van der Waals surface area contributed by atoms with Gasteiger partial charge in [0.25, 0.3) is 5.56 Å². The molecule has 0 spiro atoms. The molecular formula is C20H23N5O3. The van der Waals surface area contributed by atoms with E-state index in [-0.39, 0.29) is 24.1 Å². The first-order valence-electron chi connectivity index (χ1n) is 9.34. The molecule has 1 amide bonds. The van der Waals surface area contributed by atoms with Gasteiger partial charge in [0.1, 0.15) is 12.3 Å². The number of nitrogens with zero attached hydrogens (tertiary/aromatic N) is 4. The second kappa shape index (κ2) is 7.10. The first kappa shape index (κ1) is 18.2. The van der Waals surface area contributed by atoms with Crippen molar-refractivity contribution in [2.45, 2.75) is 38.3 Å². The monoisotopic (exact) mass is 381 g/mol. The van der Waals surface area contributed by atoms with Gasteiger partial charge in [0, 0.05) is 13.0 Å². The fraction of sp³-hybridized carbons (Fsp3) is 0.400. The number of hydrogen-bond acceptors (Lipinski definition) is 5. The van der Waals surface area contributed by atoms with Crippen molar-refractivity contribution in [1.82, 2.24) is 24.9 Å². The minimum atomic E-state index is -0.269. The highest BCUT2D eigenvalue weighted by atomic mass is 16.5. The Morgan fingerprint density at radius 2 is 2.04 bits per heavy atom. The van der Waals surface area contributed by atoms with Gasteiger partial charge in [-0.2, -0.15) is 10.2 Å². The van der Waals surface area contributed by atoms with Crippen LogP contribution in [0.5, 0.6) is 5.75 Å². The highest BCUT2D eigenvalue weighted by Gasteiger charge is 2.30. The quantitative estimate of drug-likeness (QED) is 0.704. The van der Waals surface area contributed by atoms with E-state index in [9.17, 15) is 9.59 Å². The van der Waals surface area contributed by atoms with E-state index in [1.807, 2.05) is 38.2 Å². The van der Waals surface area contributed by atoms with Crippen molar-refractivity contribution in [3.8, 4) is 5.75 Å². The third-order valence-corrected chi connectivity index (χ3v) is 5.14. The molecule has 0 aliphatic heterocycles. The number of nitrogens with one attached hydrogen (secondary N) is 1. The lowest BCUT2D eigenvalue weighted by Crippen LogP contribution is -2.35. The highest BCUT2D eigenvalue weighted by molar-refractivity contribution is 5.82. The fourth-order valence-corrected chi connectivity index (χ4v) is 3.39. The standard InChI is InChI=1S/C20H23N5O3/c1-12(13-6-8-15(28-3)9-7-13)22-17(26)11-25-20(27)18-16(10-21-25)24(2)23-19(18)14-4-5-14/h6-10,12,14H,4-5,11H2,1-3H3,(H,22,26)/t12-/m0/s1. The lowest BCUT2D eigenvalue weighted by molar-refractivity contribution is -0.122. The largest absolute Gasteiger partial charge is 0.497 e. The minimum absolute atomic E-state index is 0.131. The molecule has 1 aliphatic rings. The van der Waals surface area contributed by atoms with Gasteiger partial charge in [-0.05, 0) is 37.5 Å². The van der Waals surface area contributed by atoms with Crippen LogP contribution in [-0.4, -0.2) is 32.6 Å². The zero-order valence-corrected chi connectivity index (χ0v) is 16.2. The summed E-state index contributed by atoms with van der Waals surface area (Å²) in [6, 6.07) is 7.30. The number of carbonyl (C=O) groups excluding carboxylic acids is 1. The van der Waals surface area contributed by atoms with Crippen molar-refractivity contribution >= 4 is 16.8 Å². The molecule has 2 heterocycles. The number of ether oxygens (including phenoxy) is 1. The lowest BCUT2D eigenvalue weighted by atomic mass is 10.1. The van der Waals surface area contributed by atoms with E-state index in [4.69, 9.17) is 4.74 Å². The molecule has 3 aromatic rings. The molecule has 1 saturated carbocycles. The SMILES string of the molecule is COc1ccc([C@H](C)NC(=O)Cn2ncc3c(c(C4CC4)nn3C)c2=O)cc1. The molecule has 2 aromatic heterocycles. The van der Waals surface area contributed by atoms with Gasteiger partial charge in [0.15, 0.2) is 0 Å². The minimum Gasteiger partial charge on any atom is -0.497 e. The third kappa shape index (κ3) is 3.37. The number of benzene rings is 1. The van der Waals surface area contributed by atoms with Gasteiger partial charge in [-0.3, -0.25) is 14.3 Å². The molecule has 0 saturated heterocycles. The Morgan fingerprint density at radius 3 is 2.68 bits per heavy atom. The van der Waals surface area contributed by atoms with Crippen LogP contribution in [0.15, 0.2) is 35.3 Å². The van der Waals surface area contributed by atoms with E-state index < -0.39 is 0 Å². The molecule has 0 unspecified atom stereocenters. The summed E-state index contributed by atoms with van der Waals surface area (Å²) in [5.41, 5.74) is 2.22. The predicted molar refractivity (Wildman–Crippen MR) is 104 cm³/mol. The maximum absolute atomic E-state index is 12.9. The number of methoxy groups -OCH3 is 1. The molecule has 1 N–H and O–H groups in total. The molecule has 1 aliphatic carbocycles. The van der Waals surface area contributed by atoms with E-state index >= 15 is 0 Å². The second-order valence-corrected chi connectivity index (χ2v) is 7.21. The second-order valence-electron chi connectivity index (χ2n) is 7.21. The molecule has 4 rings (SSSR count). The Labute approximate surface area is 162 Å². The van der Waals surface area contributed by atoms with Crippen LogP contribution in [0.4, 0.5) is 0 Å². The van der Waals surface area contributed by atoms with E-state index in [0.29, 0.717) is 16.8 Å². The van der Waals surface area contributed by atoms with Gasteiger partial charge >= 0.3 is 0 Å². The first-order valence-corrected chi connectivity index (χ1v) is 9.34. The van der Waals surface area contributed by atoms with Gasteiger partial charge < -0.3 is 10.1 Å². The van der Waals surface area contributed by atoms with Crippen molar-refractivity contribution in [3.63, 3.8) is 0 Å². The van der Waals surface area contributed by atoms with E-state index in [2.05, 4.69) is 15.5 Å². The van der Waals surface area contributed by atoms with Crippen molar-refractivity contribution in [2.24, 2.45) is 7.05 Å². The molecular weight excluding hydrogens is 358 g/mol. The van der Waals surface area contributed by atoms with Crippen molar-refractivity contribution < 1.29 is 9.53 Å². The Hall–Kier alpha value is -3.16. The maximum Gasteiger partial charge on any atom is 0.278 e. The number of fused-ring (bicyclic) bond motifs is 1. The number of aryl methyl sites for hydroxylation is 1. The smallest absolute Gasteiger partial charge is 0.278 e. The van der Waals surface area contributed by atoms with Crippen molar-refractivity contribution in [1.29, 1.82) is 0 Å². The van der Waals surface area contributed by atoms with E-state index in [1.165, 1.54) is 4.68 Å². The predicted octanol–water partition coefficient (Wildman–Crippen LogP) is 1.89. The van der Waals surface area contributed by atoms with Crippen LogP contribution in [0.25, 0.3) is 10.9 Å². The normalized spacial score (nSPS) is 14.8. The first-order chi connectivity index (χ1) is 13.5. The van der Waals surface area contributed by atoms with Crippen molar-refractivity contribution in [2.75, 3.05) is 7.11 Å². The average Bonchev–Trinajstić information content (AvgIpc) is 3.48. The maximum atomic E-state index is 12.9.